The van der Waals surface area contributed by atoms with Gasteiger partial charge in [-0.15, -0.1) is 0 Å². The fourth-order valence-corrected chi connectivity index (χ4v) is 2.62. The van der Waals surface area contributed by atoms with E-state index in [0.29, 0.717) is 6.10 Å². The zero-order valence-electron chi connectivity index (χ0n) is 11.6. The summed E-state index contributed by atoms with van der Waals surface area (Å²) in [6.07, 6.45) is 3.52. The molecule has 2 heteroatoms. The Balaban J connectivity index is 1.93. The van der Waals surface area contributed by atoms with Gasteiger partial charge >= 0.3 is 0 Å². The van der Waals surface area contributed by atoms with Gasteiger partial charge in [-0.25, -0.2) is 0 Å². The Morgan fingerprint density at radius 3 is 2.33 bits per heavy atom. The van der Waals surface area contributed by atoms with E-state index in [9.17, 15) is 5.11 Å². The molecule has 0 amide bonds. The van der Waals surface area contributed by atoms with Gasteiger partial charge in [0, 0.05) is 0 Å². The van der Waals surface area contributed by atoms with Gasteiger partial charge in [0.15, 0.2) is 0 Å². The zero-order valence-corrected chi connectivity index (χ0v) is 11.6. The summed E-state index contributed by atoms with van der Waals surface area (Å²) in [5.41, 5.74) is 0.938. The van der Waals surface area contributed by atoms with Crippen molar-refractivity contribution in [2.45, 2.75) is 52.2 Å². The van der Waals surface area contributed by atoms with Crippen molar-refractivity contribution < 1.29 is 9.84 Å². The average Bonchev–Trinajstić information content (AvgIpc) is 2.34. The highest BCUT2D eigenvalue weighted by Crippen LogP contribution is 2.32. The van der Waals surface area contributed by atoms with Gasteiger partial charge in [-0.2, -0.15) is 0 Å². The zero-order chi connectivity index (χ0) is 13.1. The van der Waals surface area contributed by atoms with Crippen LogP contribution in [0.25, 0.3) is 0 Å². The van der Waals surface area contributed by atoms with E-state index in [1.165, 1.54) is 6.42 Å². The first-order valence-corrected chi connectivity index (χ1v) is 7.01. The summed E-state index contributed by atoms with van der Waals surface area (Å²) in [4.78, 5) is 0. The number of hydrogen-bond donors (Lipinski definition) is 1. The number of ether oxygens (including phenoxy) is 1. The van der Waals surface area contributed by atoms with Gasteiger partial charge in [-0.1, -0.05) is 26.0 Å². The molecule has 0 heterocycles. The Morgan fingerprint density at radius 2 is 1.78 bits per heavy atom. The van der Waals surface area contributed by atoms with Crippen molar-refractivity contribution in [3.8, 4) is 5.75 Å². The van der Waals surface area contributed by atoms with Gasteiger partial charge < -0.3 is 9.84 Å². The maximum absolute atomic E-state index is 9.46. The lowest BCUT2D eigenvalue weighted by atomic mass is 9.80. The van der Waals surface area contributed by atoms with Crippen molar-refractivity contribution in [2.24, 2.45) is 11.8 Å². The standard InChI is InChI=1S/C16H24O2/c1-11-4-7-16(10-12(11)2)18-15-8-5-14(6-9-15)13(3)17/h5-6,8-9,11-13,16-17H,4,7,10H2,1-3H3/t11?,12?,13-,16?/m1/s1. The van der Waals surface area contributed by atoms with E-state index in [1.54, 1.807) is 6.92 Å². The molecule has 2 nitrogen and oxygen atoms in total. The number of rotatable bonds is 3. The first-order valence-electron chi connectivity index (χ1n) is 7.01. The molecule has 1 aliphatic rings. The van der Waals surface area contributed by atoms with E-state index in [-0.39, 0.29) is 0 Å². The second-order valence-electron chi connectivity index (χ2n) is 5.75. The molecule has 1 fully saturated rings. The minimum Gasteiger partial charge on any atom is -0.490 e. The Hall–Kier alpha value is -1.02. The fourth-order valence-electron chi connectivity index (χ4n) is 2.62. The van der Waals surface area contributed by atoms with Gasteiger partial charge in [0.1, 0.15) is 5.75 Å². The second kappa shape index (κ2) is 5.75. The molecule has 1 aliphatic carbocycles. The average molecular weight is 248 g/mol. The molecule has 0 bridgehead atoms. The molecule has 0 saturated heterocycles. The Morgan fingerprint density at radius 1 is 1.11 bits per heavy atom. The summed E-state index contributed by atoms with van der Waals surface area (Å²) in [5.74, 6) is 2.49. The van der Waals surface area contributed by atoms with Crippen molar-refractivity contribution in [3.05, 3.63) is 29.8 Å². The highest BCUT2D eigenvalue weighted by atomic mass is 16.5. The summed E-state index contributed by atoms with van der Waals surface area (Å²) in [5, 5.41) is 9.46. The molecule has 3 unspecified atom stereocenters. The van der Waals surface area contributed by atoms with E-state index >= 15 is 0 Å². The maximum Gasteiger partial charge on any atom is 0.119 e. The summed E-state index contributed by atoms with van der Waals surface area (Å²) in [6, 6.07) is 7.80. The van der Waals surface area contributed by atoms with E-state index in [2.05, 4.69) is 13.8 Å². The van der Waals surface area contributed by atoms with Crippen molar-refractivity contribution in [1.82, 2.24) is 0 Å². The van der Waals surface area contributed by atoms with Crippen molar-refractivity contribution >= 4 is 0 Å². The summed E-state index contributed by atoms with van der Waals surface area (Å²) >= 11 is 0. The normalized spacial score (nSPS) is 29.9. The number of aliphatic hydroxyl groups is 1. The van der Waals surface area contributed by atoms with Crippen LogP contribution in [-0.4, -0.2) is 11.2 Å². The third-order valence-electron chi connectivity index (χ3n) is 4.22. The third kappa shape index (κ3) is 3.26. The lowest BCUT2D eigenvalue weighted by Crippen LogP contribution is -2.28. The molecule has 100 valence electrons. The molecule has 1 aromatic rings. The number of aliphatic hydroxyl groups excluding tert-OH is 1. The van der Waals surface area contributed by atoms with Crippen LogP contribution in [0.3, 0.4) is 0 Å². The second-order valence-corrected chi connectivity index (χ2v) is 5.75. The van der Waals surface area contributed by atoms with Gasteiger partial charge in [-0.3, -0.25) is 0 Å². The molecular formula is C16H24O2. The summed E-state index contributed by atoms with van der Waals surface area (Å²) < 4.78 is 6.03. The van der Waals surface area contributed by atoms with Crippen LogP contribution in [0, 0.1) is 11.8 Å². The topological polar surface area (TPSA) is 29.5 Å². The largest absolute Gasteiger partial charge is 0.490 e. The van der Waals surface area contributed by atoms with Gasteiger partial charge in [0.2, 0.25) is 0 Å². The number of benzene rings is 1. The quantitative estimate of drug-likeness (QED) is 0.877. The van der Waals surface area contributed by atoms with Crippen LogP contribution in [0.5, 0.6) is 5.75 Å². The first-order chi connectivity index (χ1) is 8.56. The lowest BCUT2D eigenvalue weighted by Gasteiger charge is -2.32. The van der Waals surface area contributed by atoms with Crippen LogP contribution in [-0.2, 0) is 0 Å². The molecule has 1 N–H and O–H groups in total. The van der Waals surface area contributed by atoms with Crippen molar-refractivity contribution in [1.29, 1.82) is 0 Å². The lowest BCUT2D eigenvalue weighted by molar-refractivity contribution is 0.101. The molecule has 4 atom stereocenters. The predicted molar refractivity (Wildman–Crippen MR) is 73.7 cm³/mol. The molecular weight excluding hydrogens is 224 g/mol. The minimum absolute atomic E-state index is 0.355. The Bertz CT molecular complexity index is 369. The van der Waals surface area contributed by atoms with Crippen LogP contribution in [0.4, 0.5) is 0 Å². The molecule has 0 aromatic heterocycles. The van der Waals surface area contributed by atoms with Crippen LogP contribution in [0.15, 0.2) is 24.3 Å². The van der Waals surface area contributed by atoms with Gasteiger partial charge in [-0.05, 0) is 55.7 Å². The fraction of sp³-hybridized carbons (Fsp3) is 0.625. The molecule has 1 saturated carbocycles. The Labute approximate surface area is 110 Å². The predicted octanol–water partition coefficient (Wildman–Crippen LogP) is 3.94. The van der Waals surface area contributed by atoms with Gasteiger partial charge in [0.05, 0.1) is 12.2 Å². The SMILES string of the molecule is CC1CCC(Oc2ccc([C@@H](C)O)cc2)CC1C. The summed E-state index contributed by atoms with van der Waals surface area (Å²) in [6.45, 7) is 6.43. The van der Waals surface area contributed by atoms with E-state index in [0.717, 1.165) is 36.0 Å². The van der Waals surface area contributed by atoms with Gasteiger partial charge in [0.25, 0.3) is 0 Å². The van der Waals surface area contributed by atoms with E-state index < -0.39 is 6.10 Å². The van der Waals surface area contributed by atoms with Crippen molar-refractivity contribution in [2.75, 3.05) is 0 Å². The summed E-state index contributed by atoms with van der Waals surface area (Å²) in [7, 11) is 0. The van der Waals surface area contributed by atoms with Crippen LogP contribution >= 0.6 is 0 Å². The first kappa shape index (κ1) is 13.4. The van der Waals surface area contributed by atoms with Crippen molar-refractivity contribution in [3.63, 3.8) is 0 Å². The highest BCUT2D eigenvalue weighted by Gasteiger charge is 2.25. The highest BCUT2D eigenvalue weighted by molar-refractivity contribution is 5.28. The monoisotopic (exact) mass is 248 g/mol. The third-order valence-corrected chi connectivity index (χ3v) is 4.22. The molecule has 0 radical (unpaired) electrons. The molecule has 0 spiro atoms. The molecule has 18 heavy (non-hydrogen) atoms. The Kier molecular flexibility index (Phi) is 4.28. The maximum atomic E-state index is 9.46. The molecule has 2 rings (SSSR count). The van der Waals surface area contributed by atoms with Crippen LogP contribution < -0.4 is 4.74 Å². The molecule has 0 aliphatic heterocycles. The smallest absolute Gasteiger partial charge is 0.119 e. The van der Waals surface area contributed by atoms with Crippen LogP contribution in [0.1, 0.15) is 51.7 Å². The number of hydrogen-bond acceptors (Lipinski definition) is 2. The molecule has 1 aromatic carbocycles. The van der Waals surface area contributed by atoms with Crippen LogP contribution in [0.2, 0.25) is 0 Å². The minimum atomic E-state index is -0.408. The van der Waals surface area contributed by atoms with E-state index in [1.807, 2.05) is 24.3 Å². The van der Waals surface area contributed by atoms with E-state index in [4.69, 9.17) is 4.74 Å².